The molecule has 0 spiro atoms. The topological polar surface area (TPSA) is 101 Å². The van der Waals surface area contributed by atoms with Crippen molar-refractivity contribution in [3.05, 3.63) is 34.8 Å². The summed E-state index contributed by atoms with van der Waals surface area (Å²) in [6.45, 7) is 0.451. The number of rotatable bonds is 4. The van der Waals surface area contributed by atoms with Crippen LogP contribution in [-0.2, 0) is 14.3 Å². The Kier molecular flexibility index (Phi) is 4.02. The van der Waals surface area contributed by atoms with Crippen molar-refractivity contribution in [2.45, 2.75) is 18.9 Å². The molecule has 1 saturated heterocycles. The highest BCUT2D eigenvalue weighted by molar-refractivity contribution is 7.15. The van der Waals surface area contributed by atoms with Crippen LogP contribution in [0.3, 0.4) is 0 Å². The minimum absolute atomic E-state index is 0.0622. The van der Waals surface area contributed by atoms with Crippen molar-refractivity contribution in [2.75, 3.05) is 23.4 Å². The Morgan fingerprint density at radius 2 is 2.16 bits per heavy atom. The summed E-state index contributed by atoms with van der Waals surface area (Å²) in [5, 5.41) is 11.7. The summed E-state index contributed by atoms with van der Waals surface area (Å²) < 4.78 is 5.53. The first-order valence-electron chi connectivity index (χ1n) is 7.83. The van der Waals surface area contributed by atoms with Crippen molar-refractivity contribution < 1.29 is 19.1 Å². The molecule has 1 aromatic heterocycles. The van der Waals surface area contributed by atoms with Crippen molar-refractivity contribution in [1.29, 1.82) is 0 Å². The molecule has 1 N–H and O–H groups in total. The molecule has 1 fully saturated rings. The van der Waals surface area contributed by atoms with Gasteiger partial charge in [0.1, 0.15) is 17.7 Å². The number of hydrogen-bond donors (Lipinski definition) is 1. The number of nitrogens with one attached hydrogen (secondary N) is 1. The third kappa shape index (κ3) is 2.92. The van der Waals surface area contributed by atoms with Crippen LogP contribution in [0, 0.1) is 0 Å². The zero-order valence-electron chi connectivity index (χ0n) is 13.1. The molecule has 0 aliphatic carbocycles. The SMILES string of the molecule is O=C(CN1C(=O)C(=O)c2ccccc21)Nc1nnc(C2CCCO2)s1. The zero-order valence-corrected chi connectivity index (χ0v) is 13.9. The lowest BCUT2D eigenvalue weighted by Gasteiger charge is -2.15. The molecule has 128 valence electrons. The van der Waals surface area contributed by atoms with E-state index in [-0.39, 0.29) is 12.6 Å². The lowest BCUT2D eigenvalue weighted by atomic mass is 10.1. The molecule has 1 unspecified atom stereocenters. The number of benzene rings is 1. The molecular weight excluding hydrogens is 344 g/mol. The van der Waals surface area contributed by atoms with Crippen LogP contribution in [-0.4, -0.2) is 40.9 Å². The molecule has 0 bridgehead atoms. The maximum atomic E-state index is 12.3. The number of carbonyl (C=O) groups excluding carboxylic acids is 3. The number of hydrogen-bond acceptors (Lipinski definition) is 7. The number of aromatic nitrogens is 2. The monoisotopic (exact) mass is 358 g/mol. The molecule has 2 aliphatic rings. The molecule has 2 aliphatic heterocycles. The fourth-order valence-electron chi connectivity index (χ4n) is 2.90. The van der Waals surface area contributed by atoms with Gasteiger partial charge in [0.05, 0.1) is 11.3 Å². The molecule has 1 aromatic carbocycles. The Morgan fingerprint density at radius 3 is 2.96 bits per heavy atom. The molecule has 1 atom stereocenters. The van der Waals surface area contributed by atoms with E-state index in [4.69, 9.17) is 4.74 Å². The predicted molar refractivity (Wildman–Crippen MR) is 89.6 cm³/mol. The van der Waals surface area contributed by atoms with Gasteiger partial charge in [0.25, 0.3) is 11.7 Å². The van der Waals surface area contributed by atoms with E-state index in [1.165, 1.54) is 16.2 Å². The number of ketones is 1. The average Bonchev–Trinajstić information content (AvgIpc) is 3.33. The molecule has 9 heteroatoms. The maximum Gasteiger partial charge on any atom is 0.299 e. The summed E-state index contributed by atoms with van der Waals surface area (Å²) in [6.07, 6.45) is 1.81. The number of fused-ring (bicyclic) bond motifs is 1. The Morgan fingerprint density at radius 1 is 1.32 bits per heavy atom. The summed E-state index contributed by atoms with van der Waals surface area (Å²) in [7, 11) is 0. The van der Waals surface area contributed by atoms with Crippen LogP contribution >= 0.6 is 11.3 Å². The average molecular weight is 358 g/mol. The van der Waals surface area contributed by atoms with E-state index in [0.717, 1.165) is 17.8 Å². The minimum Gasteiger partial charge on any atom is -0.371 e. The summed E-state index contributed by atoms with van der Waals surface area (Å²) in [6, 6.07) is 6.62. The van der Waals surface area contributed by atoms with Gasteiger partial charge in [0, 0.05) is 6.61 Å². The van der Waals surface area contributed by atoms with E-state index in [9.17, 15) is 14.4 Å². The van der Waals surface area contributed by atoms with Crippen LogP contribution in [0.2, 0.25) is 0 Å². The number of anilines is 2. The number of amides is 2. The summed E-state index contributed by atoms with van der Waals surface area (Å²) in [5.74, 6) is -1.73. The number of carbonyl (C=O) groups is 3. The van der Waals surface area contributed by atoms with Crippen LogP contribution in [0.1, 0.15) is 34.3 Å². The normalized spacial score (nSPS) is 19.4. The van der Waals surface area contributed by atoms with Gasteiger partial charge in [-0.15, -0.1) is 10.2 Å². The van der Waals surface area contributed by atoms with Crippen LogP contribution in [0.5, 0.6) is 0 Å². The highest BCUT2D eigenvalue weighted by Crippen LogP contribution is 2.32. The van der Waals surface area contributed by atoms with Crippen LogP contribution in [0.4, 0.5) is 10.8 Å². The Balaban J connectivity index is 1.44. The van der Waals surface area contributed by atoms with Gasteiger partial charge in [0.2, 0.25) is 11.0 Å². The number of Topliss-reactive ketones (excluding diaryl/α,β-unsaturated/α-hetero) is 1. The van der Waals surface area contributed by atoms with E-state index in [1.54, 1.807) is 24.3 Å². The number of nitrogens with zero attached hydrogens (tertiary/aromatic N) is 3. The van der Waals surface area contributed by atoms with Crippen LogP contribution in [0.15, 0.2) is 24.3 Å². The predicted octanol–water partition coefficient (Wildman–Crippen LogP) is 1.56. The van der Waals surface area contributed by atoms with Gasteiger partial charge in [0.15, 0.2) is 0 Å². The summed E-state index contributed by atoms with van der Waals surface area (Å²) >= 11 is 1.25. The second kappa shape index (κ2) is 6.34. The van der Waals surface area contributed by atoms with Gasteiger partial charge in [-0.2, -0.15) is 0 Å². The van der Waals surface area contributed by atoms with Gasteiger partial charge in [-0.25, -0.2) is 0 Å². The quantitative estimate of drug-likeness (QED) is 0.832. The second-order valence-electron chi connectivity index (χ2n) is 5.73. The first-order chi connectivity index (χ1) is 12.1. The fraction of sp³-hybridized carbons (Fsp3) is 0.312. The zero-order chi connectivity index (χ0) is 17.4. The van der Waals surface area contributed by atoms with E-state index in [2.05, 4.69) is 15.5 Å². The van der Waals surface area contributed by atoms with Crippen molar-refractivity contribution >= 4 is 39.8 Å². The minimum atomic E-state index is -0.700. The highest BCUT2D eigenvalue weighted by Gasteiger charge is 2.36. The van der Waals surface area contributed by atoms with Crippen LogP contribution < -0.4 is 10.2 Å². The molecular formula is C16H14N4O4S. The lowest BCUT2D eigenvalue weighted by molar-refractivity contribution is -0.118. The van der Waals surface area contributed by atoms with Crippen molar-refractivity contribution in [3.63, 3.8) is 0 Å². The van der Waals surface area contributed by atoms with E-state index >= 15 is 0 Å². The third-order valence-corrected chi connectivity index (χ3v) is 5.00. The molecule has 2 aromatic rings. The summed E-state index contributed by atoms with van der Waals surface area (Å²) in [5.41, 5.74) is 0.766. The van der Waals surface area contributed by atoms with Gasteiger partial charge in [-0.05, 0) is 25.0 Å². The van der Waals surface area contributed by atoms with E-state index in [0.29, 0.717) is 23.0 Å². The second-order valence-corrected chi connectivity index (χ2v) is 6.74. The van der Waals surface area contributed by atoms with Crippen molar-refractivity contribution in [1.82, 2.24) is 10.2 Å². The molecule has 25 heavy (non-hydrogen) atoms. The summed E-state index contributed by atoms with van der Waals surface area (Å²) in [4.78, 5) is 37.5. The van der Waals surface area contributed by atoms with Gasteiger partial charge in [-0.1, -0.05) is 23.5 Å². The number of para-hydroxylation sites is 1. The molecule has 2 amide bonds. The maximum absolute atomic E-state index is 12.3. The Hall–Kier alpha value is -2.65. The smallest absolute Gasteiger partial charge is 0.299 e. The Bertz CT molecular complexity index is 859. The molecule has 8 nitrogen and oxygen atoms in total. The Labute approximate surface area is 146 Å². The van der Waals surface area contributed by atoms with E-state index < -0.39 is 17.6 Å². The van der Waals surface area contributed by atoms with Gasteiger partial charge < -0.3 is 4.74 Å². The fourth-order valence-corrected chi connectivity index (χ4v) is 3.74. The van der Waals surface area contributed by atoms with Crippen molar-refractivity contribution in [2.24, 2.45) is 0 Å². The third-order valence-electron chi connectivity index (χ3n) is 4.07. The highest BCUT2D eigenvalue weighted by atomic mass is 32.1. The first kappa shape index (κ1) is 15.9. The lowest BCUT2D eigenvalue weighted by Crippen LogP contribution is -2.37. The largest absolute Gasteiger partial charge is 0.371 e. The van der Waals surface area contributed by atoms with Crippen LogP contribution in [0.25, 0.3) is 0 Å². The van der Waals surface area contributed by atoms with E-state index in [1.807, 2.05) is 0 Å². The first-order valence-corrected chi connectivity index (χ1v) is 8.65. The number of ether oxygens (including phenoxy) is 1. The van der Waals surface area contributed by atoms with Gasteiger partial charge in [-0.3, -0.25) is 24.6 Å². The molecule has 0 radical (unpaired) electrons. The molecule has 3 heterocycles. The van der Waals surface area contributed by atoms with Crippen molar-refractivity contribution in [3.8, 4) is 0 Å². The molecule has 4 rings (SSSR count). The van der Waals surface area contributed by atoms with Gasteiger partial charge >= 0.3 is 0 Å². The standard InChI is InChI=1S/C16H14N4O4S/c21-12(17-16-19-18-14(25-16)11-6-3-7-24-11)8-20-10-5-2-1-4-9(10)13(22)15(20)23/h1-2,4-5,11H,3,6-8H2,(H,17,19,21). The molecule has 0 saturated carbocycles.